The summed E-state index contributed by atoms with van der Waals surface area (Å²) in [7, 11) is 0. The molecule has 0 radical (unpaired) electrons. The molecule has 2 amide bonds. The molecule has 0 fully saturated rings. The van der Waals surface area contributed by atoms with Crippen molar-refractivity contribution >= 4 is 23.2 Å². The lowest BCUT2D eigenvalue weighted by molar-refractivity contribution is -0.115. The Morgan fingerprint density at radius 3 is 2.25 bits per heavy atom. The first kappa shape index (κ1) is 17.5. The largest absolute Gasteiger partial charge is 0.399 e. The SMILES string of the molecule is CC(C)(C)NC(=O)c1ccccc1NC(=O)Cc1ccc(N)cc1. The molecule has 5 nitrogen and oxygen atoms in total. The van der Waals surface area contributed by atoms with Gasteiger partial charge in [0.25, 0.3) is 5.91 Å². The summed E-state index contributed by atoms with van der Waals surface area (Å²) in [4.78, 5) is 24.6. The number of amides is 2. The van der Waals surface area contributed by atoms with E-state index in [4.69, 9.17) is 5.73 Å². The number of benzene rings is 2. The van der Waals surface area contributed by atoms with E-state index in [2.05, 4.69) is 10.6 Å². The second-order valence-electron chi connectivity index (χ2n) is 6.72. The quantitative estimate of drug-likeness (QED) is 0.756. The fourth-order valence-electron chi connectivity index (χ4n) is 2.21. The van der Waals surface area contributed by atoms with Gasteiger partial charge in [-0.05, 0) is 50.6 Å². The Kier molecular flexibility index (Phi) is 5.24. The van der Waals surface area contributed by atoms with E-state index in [0.29, 0.717) is 16.9 Å². The molecular weight excluding hydrogens is 302 g/mol. The van der Waals surface area contributed by atoms with Crippen LogP contribution in [0.2, 0.25) is 0 Å². The maximum absolute atomic E-state index is 12.4. The predicted octanol–water partition coefficient (Wildman–Crippen LogP) is 2.98. The highest BCUT2D eigenvalue weighted by Gasteiger charge is 2.18. The minimum absolute atomic E-state index is 0.184. The van der Waals surface area contributed by atoms with Crippen LogP contribution in [0.3, 0.4) is 0 Å². The highest BCUT2D eigenvalue weighted by molar-refractivity contribution is 6.04. The van der Waals surface area contributed by atoms with E-state index in [0.717, 1.165) is 5.56 Å². The fourth-order valence-corrected chi connectivity index (χ4v) is 2.21. The Morgan fingerprint density at radius 2 is 1.62 bits per heavy atom. The number of anilines is 2. The summed E-state index contributed by atoms with van der Waals surface area (Å²) in [6.45, 7) is 5.73. The maximum Gasteiger partial charge on any atom is 0.253 e. The van der Waals surface area contributed by atoms with Crippen LogP contribution in [0.15, 0.2) is 48.5 Å². The molecule has 2 aromatic rings. The minimum Gasteiger partial charge on any atom is -0.399 e. The summed E-state index contributed by atoms with van der Waals surface area (Å²) >= 11 is 0. The summed E-state index contributed by atoms with van der Waals surface area (Å²) in [5.41, 5.74) is 7.75. The first-order chi connectivity index (χ1) is 11.2. The van der Waals surface area contributed by atoms with Gasteiger partial charge in [0.1, 0.15) is 0 Å². The van der Waals surface area contributed by atoms with Crippen LogP contribution in [-0.2, 0) is 11.2 Å². The molecule has 2 rings (SSSR count). The molecule has 0 unspecified atom stereocenters. The highest BCUT2D eigenvalue weighted by atomic mass is 16.2. The van der Waals surface area contributed by atoms with E-state index in [9.17, 15) is 9.59 Å². The summed E-state index contributed by atoms with van der Waals surface area (Å²) in [5, 5.41) is 5.71. The van der Waals surface area contributed by atoms with Crippen LogP contribution in [-0.4, -0.2) is 17.4 Å². The van der Waals surface area contributed by atoms with Gasteiger partial charge >= 0.3 is 0 Å². The van der Waals surface area contributed by atoms with Crippen LogP contribution in [0.5, 0.6) is 0 Å². The Morgan fingerprint density at radius 1 is 1.00 bits per heavy atom. The zero-order chi connectivity index (χ0) is 17.7. The predicted molar refractivity (Wildman–Crippen MR) is 96.8 cm³/mol. The maximum atomic E-state index is 12.4. The summed E-state index contributed by atoms with van der Waals surface area (Å²) in [6.07, 6.45) is 0.218. The molecule has 2 aromatic carbocycles. The smallest absolute Gasteiger partial charge is 0.253 e. The molecule has 0 saturated carbocycles. The molecule has 0 saturated heterocycles. The summed E-state index contributed by atoms with van der Waals surface area (Å²) < 4.78 is 0. The van der Waals surface area contributed by atoms with Crippen molar-refractivity contribution in [1.82, 2.24) is 5.32 Å². The monoisotopic (exact) mass is 325 g/mol. The van der Waals surface area contributed by atoms with Crippen molar-refractivity contribution in [2.75, 3.05) is 11.1 Å². The molecule has 0 spiro atoms. The topological polar surface area (TPSA) is 84.2 Å². The zero-order valence-corrected chi connectivity index (χ0v) is 14.2. The molecule has 24 heavy (non-hydrogen) atoms. The molecule has 0 aliphatic heterocycles. The average molecular weight is 325 g/mol. The van der Waals surface area contributed by atoms with Gasteiger partial charge in [-0.25, -0.2) is 0 Å². The number of nitrogen functional groups attached to an aromatic ring is 1. The van der Waals surface area contributed by atoms with Gasteiger partial charge in [-0.1, -0.05) is 24.3 Å². The number of nitrogens with one attached hydrogen (secondary N) is 2. The van der Waals surface area contributed by atoms with Crippen molar-refractivity contribution in [3.05, 3.63) is 59.7 Å². The van der Waals surface area contributed by atoms with Gasteiger partial charge in [-0.15, -0.1) is 0 Å². The van der Waals surface area contributed by atoms with E-state index in [-0.39, 0.29) is 23.8 Å². The Balaban J connectivity index is 2.10. The number of para-hydroxylation sites is 1. The van der Waals surface area contributed by atoms with Crippen molar-refractivity contribution in [1.29, 1.82) is 0 Å². The zero-order valence-electron chi connectivity index (χ0n) is 14.2. The van der Waals surface area contributed by atoms with Crippen LogP contribution in [0.1, 0.15) is 36.7 Å². The van der Waals surface area contributed by atoms with Gasteiger partial charge < -0.3 is 16.4 Å². The Labute approximate surface area is 142 Å². The van der Waals surface area contributed by atoms with E-state index in [1.807, 2.05) is 32.9 Å². The van der Waals surface area contributed by atoms with Gasteiger partial charge in [-0.3, -0.25) is 9.59 Å². The number of carbonyl (C=O) groups excluding carboxylic acids is 2. The first-order valence-corrected chi connectivity index (χ1v) is 7.80. The van der Waals surface area contributed by atoms with Crippen molar-refractivity contribution in [3.8, 4) is 0 Å². The molecule has 0 atom stereocenters. The fraction of sp³-hybridized carbons (Fsp3) is 0.263. The van der Waals surface area contributed by atoms with E-state index >= 15 is 0 Å². The normalized spacial score (nSPS) is 11.0. The first-order valence-electron chi connectivity index (χ1n) is 7.80. The Bertz CT molecular complexity index is 731. The number of hydrogen-bond donors (Lipinski definition) is 3. The highest BCUT2D eigenvalue weighted by Crippen LogP contribution is 2.17. The third kappa shape index (κ3) is 5.12. The van der Waals surface area contributed by atoms with Crippen LogP contribution < -0.4 is 16.4 Å². The Hall–Kier alpha value is -2.82. The van der Waals surface area contributed by atoms with Gasteiger partial charge in [-0.2, -0.15) is 0 Å². The van der Waals surface area contributed by atoms with Gasteiger partial charge in [0.15, 0.2) is 0 Å². The molecule has 0 bridgehead atoms. The molecule has 5 heteroatoms. The lowest BCUT2D eigenvalue weighted by Crippen LogP contribution is -2.40. The molecule has 0 aliphatic rings. The van der Waals surface area contributed by atoms with E-state index in [1.165, 1.54) is 0 Å². The van der Waals surface area contributed by atoms with Crippen LogP contribution >= 0.6 is 0 Å². The number of hydrogen-bond acceptors (Lipinski definition) is 3. The van der Waals surface area contributed by atoms with E-state index in [1.54, 1.807) is 36.4 Å². The van der Waals surface area contributed by atoms with Gasteiger partial charge in [0, 0.05) is 11.2 Å². The summed E-state index contributed by atoms with van der Waals surface area (Å²) in [5.74, 6) is -0.401. The molecule has 0 aliphatic carbocycles. The summed E-state index contributed by atoms with van der Waals surface area (Å²) in [6, 6.07) is 14.1. The van der Waals surface area contributed by atoms with E-state index < -0.39 is 0 Å². The lowest BCUT2D eigenvalue weighted by atomic mass is 10.1. The average Bonchev–Trinajstić information content (AvgIpc) is 2.48. The van der Waals surface area contributed by atoms with Gasteiger partial charge in [0.2, 0.25) is 5.91 Å². The molecule has 126 valence electrons. The molecular formula is C19H23N3O2. The lowest BCUT2D eigenvalue weighted by Gasteiger charge is -2.21. The van der Waals surface area contributed by atoms with Crippen molar-refractivity contribution in [2.45, 2.75) is 32.7 Å². The standard InChI is InChI=1S/C19H23N3O2/c1-19(2,3)22-18(24)15-6-4-5-7-16(15)21-17(23)12-13-8-10-14(20)11-9-13/h4-11H,12,20H2,1-3H3,(H,21,23)(H,22,24). The molecule has 0 heterocycles. The number of nitrogens with two attached hydrogens (primary N) is 1. The van der Waals surface area contributed by atoms with Gasteiger partial charge in [0.05, 0.1) is 17.7 Å². The number of carbonyl (C=O) groups is 2. The third-order valence-electron chi connectivity index (χ3n) is 3.28. The van der Waals surface area contributed by atoms with Crippen LogP contribution in [0, 0.1) is 0 Å². The molecule has 4 N–H and O–H groups in total. The van der Waals surface area contributed by atoms with Crippen molar-refractivity contribution in [2.24, 2.45) is 0 Å². The molecule has 0 aromatic heterocycles. The second-order valence-corrected chi connectivity index (χ2v) is 6.72. The van der Waals surface area contributed by atoms with Crippen molar-refractivity contribution < 1.29 is 9.59 Å². The van der Waals surface area contributed by atoms with Crippen molar-refractivity contribution in [3.63, 3.8) is 0 Å². The third-order valence-corrected chi connectivity index (χ3v) is 3.28. The van der Waals surface area contributed by atoms with Crippen LogP contribution in [0.25, 0.3) is 0 Å². The minimum atomic E-state index is -0.349. The van der Waals surface area contributed by atoms with Crippen LogP contribution in [0.4, 0.5) is 11.4 Å². The second kappa shape index (κ2) is 7.17. The number of rotatable bonds is 4.